The lowest BCUT2D eigenvalue weighted by atomic mass is 10.0. The van der Waals surface area contributed by atoms with E-state index in [1.165, 1.54) is 11.1 Å². The monoisotopic (exact) mass is 225 g/mol. The first-order valence-electron chi connectivity index (χ1n) is 5.69. The number of alkyl halides is 2. The standard InChI is InChI=1S/C13H17F2N/c1-10-4-3-5-11(2)12(10)16-8-6-13(14,15)7-9-16/h3-5H,6-9H2,1-2H3. The van der Waals surface area contributed by atoms with Crippen molar-refractivity contribution in [1.29, 1.82) is 0 Å². The van der Waals surface area contributed by atoms with Gasteiger partial charge in [-0.25, -0.2) is 8.78 Å². The molecule has 1 saturated heterocycles. The molecule has 0 atom stereocenters. The molecule has 0 aliphatic carbocycles. The highest BCUT2D eigenvalue weighted by Crippen LogP contribution is 2.33. The normalized spacial score (nSPS) is 19.9. The summed E-state index contributed by atoms with van der Waals surface area (Å²) in [5.41, 5.74) is 3.48. The molecule has 1 heterocycles. The zero-order valence-electron chi connectivity index (χ0n) is 9.76. The van der Waals surface area contributed by atoms with E-state index in [9.17, 15) is 8.78 Å². The largest absolute Gasteiger partial charge is 0.371 e. The lowest BCUT2D eigenvalue weighted by Gasteiger charge is -2.35. The summed E-state index contributed by atoms with van der Waals surface area (Å²) in [5, 5.41) is 0. The Labute approximate surface area is 95.1 Å². The molecule has 1 aromatic carbocycles. The number of para-hydroxylation sites is 1. The Morgan fingerprint density at radius 1 is 1.06 bits per heavy atom. The lowest BCUT2D eigenvalue weighted by Crippen LogP contribution is -2.40. The number of aryl methyl sites for hydroxylation is 2. The molecule has 2 rings (SSSR count). The summed E-state index contributed by atoms with van der Waals surface area (Å²) in [6, 6.07) is 6.08. The number of piperidine rings is 1. The molecule has 16 heavy (non-hydrogen) atoms. The molecule has 1 aliphatic rings. The highest BCUT2D eigenvalue weighted by Gasteiger charge is 2.34. The molecule has 0 aromatic heterocycles. The Bertz CT molecular complexity index is 357. The van der Waals surface area contributed by atoms with Crippen LogP contribution in [0, 0.1) is 13.8 Å². The maximum Gasteiger partial charge on any atom is 0.251 e. The van der Waals surface area contributed by atoms with Gasteiger partial charge in [0.05, 0.1) is 0 Å². The summed E-state index contributed by atoms with van der Waals surface area (Å²) in [7, 11) is 0. The third kappa shape index (κ3) is 2.18. The molecule has 0 N–H and O–H groups in total. The van der Waals surface area contributed by atoms with E-state index in [0.29, 0.717) is 13.1 Å². The van der Waals surface area contributed by atoms with Gasteiger partial charge in [0.15, 0.2) is 0 Å². The zero-order chi connectivity index (χ0) is 11.8. The topological polar surface area (TPSA) is 3.24 Å². The number of hydrogen-bond donors (Lipinski definition) is 0. The van der Waals surface area contributed by atoms with Gasteiger partial charge in [-0.2, -0.15) is 0 Å². The van der Waals surface area contributed by atoms with Crippen LogP contribution in [0.5, 0.6) is 0 Å². The molecule has 0 radical (unpaired) electrons. The van der Waals surface area contributed by atoms with Crippen molar-refractivity contribution in [2.45, 2.75) is 32.6 Å². The maximum atomic E-state index is 13.1. The molecular weight excluding hydrogens is 208 g/mol. The number of halogens is 2. The minimum atomic E-state index is -2.47. The molecule has 0 saturated carbocycles. The van der Waals surface area contributed by atoms with E-state index < -0.39 is 5.92 Å². The molecule has 1 aliphatic heterocycles. The molecule has 0 unspecified atom stereocenters. The smallest absolute Gasteiger partial charge is 0.251 e. The summed E-state index contributed by atoms with van der Waals surface area (Å²) >= 11 is 0. The minimum absolute atomic E-state index is 0.0270. The van der Waals surface area contributed by atoms with Crippen LogP contribution in [0.2, 0.25) is 0 Å². The molecule has 88 valence electrons. The summed E-state index contributed by atoms with van der Waals surface area (Å²) in [4.78, 5) is 2.09. The van der Waals surface area contributed by atoms with Crippen molar-refractivity contribution in [1.82, 2.24) is 0 Å². The van der Waals surface area contributed by atoms with Crippen molar-refractivity contribution >= 4 is 5.69 Å². The molecule has 1 aromatic rings. The third-order valence-electron chi connectivity index (χ3n) is 3.25. The van der Waals surface area contributed by atoms with E-state index in [-0.39, 0.29) is 12.8 Å². The van der Waals surface area contributed by atoms with Crippen LogP contribution in [-0.4, -0.2) is 19.0 Å². The average molecular weight is 225 g/mol. The number of anilines is 1. The summed E-state index contributed by atoms with van der Waals surface area (Å²) < 4.78 is 26.1. The van der Waals surface area contributed by atoms with Gasteiger partial charge in [-0.3, -0.25) is 0 Å². The average Bonchev–Trinajstić information content (AvgIpc) is 2.20. The van der Waals surface area contributed by atoms with Gasteiger partial charge in [-0.1, -0.05) is 18.2 Å². The van der Waals surface area contributed by atoms with Crippen LogP contribution < -0.4 is 4.90 Å². The van der Waals surface area contributed by atoms with Crippen LogP contribution in [-0.2, 0) is 0 Å². The first kappa shape index (κ1) is 11.4. The van der Waals surface area contributed by atoms with Gasteiger partial charge in [-0.05, 0) is 25.0 Å². The van der Waals surface area contributed by atoms with E-state index >= 15 is 0 Å². The van der Waals surface area contributed by atoms with Crippen LogP contribution in [0.4, 0.5) is 14.5 Å². The van der Waals surface area contributed by atoms with Crippen LogP contribution in [0.3, 0.4) is 0 Å². The van der Waals surface area contributed by atoms with E-state index in [1.807, 2.05) is 32.0 Å². The van der Waals surface area contributed by atoms with E-state index in [2.05, 4.69) is 4.90 Å². The lowest BCUT2D eigenvalue weighted by molar-refractivity contribution is -0.0220. The predicted molar refractivity (Wildman–Crippen MR) is 62.3 cm³/mol. The van der Waals surface area contributed by atoms with Gasteiger partial charge < -0.3 is 4.90 Å². The second-order valence-corrected chi connectivity index (χ2v) is 4.58. The van der Waals surface area contributed by atoms with E-state index in [0.717, 1.165) is 5.69 Å². The number of rotatable bonds is 1. The molecule has 1 fully saturated rings. The van der Waals surface area contributed by atoms with E-state index in [4.69, 9.17) is 0 Å². The zero-order valence-corrected chi connectivity index (χ0v) is 9.76. The van der Waals surface area contributed by atoms with Crippen molar-refractivity contribution in [3.63, 3.8) is 0 Å². The van der Waals surface area contributed by atoms with Gasteiger partial charge >= 0.3 is 0 Å². The third-order valence-corrected chi connectivity index (χ3v) is 3.25. The highest BCUT2D eigenvalue weighted by molar-refractivity contribution is 5.59. The second kappa shape index (κ2) is 4.04. The summed E-state index contributed by atoms with van der Waals surface area (Å²) in [6.07, 6.45) is -0.0540. The summed E-state index contributed by atoms with van der Waals surface area (Å²) in [5.74, 6) is -2.47. The van der Waals surface area contributed by atoms with Crippen molar-refractivity contribution in [3.05, 3.63) is 29.3 Å². The first-order chi connectivity index (χ1) is 7.49. The highest BCUT2D eigenvalue weighted by atomic mass is 19.3. The van der Waals surface area contributed by atoms with Crippen LogP contribution in [0.25, 0.3) is 0 Å². The van der Waals surface area contributed by atoms with Crippen molar-refractivity contribution in [3.8, 4) is 0 Å². The fourth-order valence-corrected chi connectivity index (χ4v) is 2.36. The Morgan fingerprint density at radius 2 is 1.56 bits per heavy atom. The molecule has 3 heteroatoms. The Morgan fingerprint density at radius 3 is 2.06 bits per heavy atom. The number of benzene rings is 1. The Balaban J connectivity index is 2.20. The van der Waals surface area contributed by atoms with E-state index in [1.54, 1.807) is 0 Å². The number of nitrogens with zero attached hydrogens (tertiary/aromatic N) is 1. The number of hydrogen-bond acceptors (Lipinski definition) is 1. The second-order valence-electron chi connectivity index (χ2n) is 4.58. The van der Waals surface area contributed by atoms with Gasteiger partial charge in [-0.15, -0.1) is 0 Å². The van der Waals surface area contributed by atoms with Gasteiger partial charge in [0.25, 0.3) is 5.92 Å². The first-order valence-corrected chi connectivity index (χ1v) is 5.69. The maximum absolute atomic E-state index is 13.1. The molecule has 1 nitrogen and oxygen atoms in total. The fourth-order valence-electron chi connectivity index (χ4n) is 2.36. The van der Waals surface area contributed by atoms with Gasteiger partial charge in [0, 0.05) is 31.6 Å². The van der Waals surface area contributed by atoms with Gasteiger partial charge in [0.2, 0.25) is 0 Å². The Kier molecular flexibility index (Phi) is 2.87. The minimum Gasteiger partial charge on any atom is -0.371 e. The quantitative estimate of drug-likeness (QED) is 0.706. The fraction of sp³-hybridized carbons (Fsp3) is 0.538. The van der Waals surface area contributed by atoms with Crippen molar-refractivity contribution in [2.75, 3.05) is 18.0 Å². The van der Waals surface area contributed by atoms with Crippen LogP contribution in [0.15, 0.2) is 18.2 Å². The predicted octanol–water partition coefficient (Wildman–Crippen LogP) is 3.54. The molecule has 0 amide bonds. The molecule has 0 bridgehead atoms. The van der Waals surface area contributed by atoms with Crippen molar-refractivity contribution < 1.29 is 8.78 Å². The SMILES string of the molecule is Cc1cccc(C)c1N1CCC(F)(F)CC1. The van der Waals surface area contributed by atoms with Crippen LogP contribution >= 0.6 is 0 Å². The molecule has 0 spiro atoms. The summed E-state index contributed by atoms with van der Waals surface area (Å²) in [6.45, 7) is 4.99. The van der Waals surface area contributed by atoms with Crippen LogP contribution in [0.1, 0.15) is 24.0 Å². The molecular formula is C13H17F2N. The van der Waals surface area contributed by atoms with Crippen molar-refractivity contribution in [2.24, 2.45) is 0 Å². The van der Waals surface area contributed by atoms with Gasteiger partial charge in [0.1, 0.15) is 0 Å². The Hall–Kier alpha value is -1.12.